The number of rotatable bonds is 5. The van der Waals surface area contributed by atoms with E-state index in [4.69, 9.17) is 4.74 Å². The molecule has 4 heteroatoms. The van der Waals surface area contributed by atoms with Gasteiger partial charge in [-0.2, -0.15) is 0 Å². The topological polar surface area (TPSA) is 49.8 Å². The summed E-state index contributed by atoms with van der Waals surface area (Å²) in [5.41, 5.74) is 1.92. The monoisotopic (exact) mass is 339 g/mol. The summed E-state index contributed by atoms with van der Waals surface area (Å²) in [5, 5.41) is 10.6. The Balaban J connectivity index is 1.68. The Morgan fingerprint density at radius 1 is 1.00 bits per heavy atom. The Hall–Kier alpha value is -2.17. The number of nitrogens with zero attached hydrogens (tertiary/aromatic N) is 1. The highest BCUT2D eigenvalue weighted by Crippen LogP contribution is 2.34. The van der Waals surface area contributed by atoms with Gasteiger partial charge < -0.3 is 9.84 Å². The molecule has 0 spiro atoms. The average molecular weight is 339 g/mol. The number of benzene rings is 2. The van der Waals surface area contributed by atoms with Crippen LogP contribution in [0.2, 0.25) is 0 Å². The molecule has 1 N–H and O–H groups in total. The lowest BCUT2D eigenvalue weighted by Crippen LogP contribution is -2.41. The van der Waals surface area contributed by atoms with Gasteiger partial charge in [-0.05, 0) is 43.0 Å². The van der Waals surface area contributed by atoms with Crippen LogP contribution in [-0.4, -0.2) is 36.2 Å². The number of piperidine rings is 1. The molecule has 1 fully saturated rings. The molecule has 1 heterocycles. The van der Waals surface area contributed by atoms with E-state index in [0.717, 1.165) is 37.1 Å². The third kappa shape index (κ3) is 4.09. The van der Waals surface area contributed by atoms with Gasteiger partial charge in [0.2, 0.25) is 0 Å². The summed E-state index contributed by atoms with van der Waals surface area (Å²) in [6, 6.07) is 19.2. The standard InChI is InChI=1S/C21H25NO3/c1-25-21(24)19(16-8-4-2-5-9-16)22-14-12-18(13-15-22)20(23)17-10-6-3-7-11-17/h2-11,18-20,23H,12-15H2,1H3. The molecule has 0 radical (unpaired) electrons. The molecule has 2 aromatic carbocycles. The SMILES string of the molecule is COC(=O)C(c1ccccc1)N1CCC(C(O)c2ccccc2)CC1. The number of aliphatic hydroxyl groups excluding tert-OH is 1. The molecule has 0 aromatic heterocycles. The molecule has 0 bridgehead atoms. The van der Waals surface area contributed by atoms with Gasteiger partial charge in [0.05, 0.1) is 13.2 Å². The second kappa shape index (κ2) is 8.28. The first-order valence-electron chi connectivity index (χ1n) is 8.80. The van der Waals surface area contributed by atoms with Gasteiger partial charge in [-0.1, -0.05) is 60.7 Å². The molecule has 1 aliphatic rings. The van der Waals surface area contributed by atoms with E-state index in [9.17, 15) is 9.90 Å². The van der Waals surface area contributed by atoms with Gasteiger partial charge >= 0.3 is 5.97 Å². The summed E-state index contributed by atoms with van der Waals surface area (Å²) in [4.78, 5) is 14.5. The van der Waals surface area contributed by atoms with Crippen LogP contribution in [-0.2, 0) is 9.53 Å². The Kier molecular flexibility index (Phi) is 5.84. The predicted octanol–water partition coefficient (Wildman–Crippen LogP) is 3.35. The molecule has 0 saturated carbocycles. The lowest BCUT2D eigenvalue weighted by Gasteiger charge is -2.38. The van der Waals surface area contributed by atoms with E-state index in [0.29, 0.717) is 0 Å². The van der Waals surface area contributed by atoms with Crippen LogP contribution in [0.3, 0.4) is 0 Å². The van der Waals surface area contributed by atoms with Crippen molar-refractivity contribution in [2.24, 2.45) is 5.92 Å². The van der Waals surface area contributed by atoms with Crippen molar-refractivity contribution >= 4 is 5.97 Å². The molecule has 1 saturated heterocycles. The maximum Gasteiger partial charge on any atom is 0.327 e. The molecule has 2 atom stereocenters. The van der Waals surface area contributed by atoms with Crippen molar-refractivity contribution in [2.45, 2.75) is 25.0 Å². The van der Waals surface area contributed by atoms with Crippen LogP contribution >= 0.6 is 0 Å². The number of hydrogen-bond acceptors (Lipinski definition) is 4. The largest absolute Gasteiger partial charge is 0.468 e. The van der Waals surface area contributed by atoms with E-state index >= 15 is 0 Å². The summed E-state index contributed by atoms with van der Waals surface area (Å²) in [6.45, 7) is 1.53. The third-order valence-electron chi connectivity index (χ3n) is 5.07. The van der Waals surface area contributed by atoms with Gasteiger partial charge in [0.25, 0.3) is 0 Å². The van der Waals surface area contributed by atoms with Crippen LogP contribution in [0.4, 0.5) is 0 Å². The lowest BCUT2D eigenvalue weighted by atomic mass is 9.86. The molecule has 4 nitrogen and oxygen atoms in total. The lowest BCUT2D eigenvalue weighted by molar-refractivity contribution is -0.148. The highest BCUT2D eigenvalue weighted by Gasteiger charge is 2.33. The number of hydrogen-bond donors (Lipinski definition) is 1. The summed E-state index contributed by atoms with van der Waals surface area (Å²) in [6.07, 6.45) is 1.27. The molecule has 2 unspecified atom stereocenters. The zero-order valence-corrected chi connectivity index (χ0v) is 14.5. The minimum atomic E-state index is -0.448. The van der Waals surface area contributed by atoms with Crippen LogP contribution in [0.25, 0.3) is 0 Å². The Morgan fingerprint density at radius 2 is 1.52 bits per heavy atom. The zero-order chi connectivity index (χ0) is 17.6. The molecule has 3 rings (SSSR count). The average Bonchev–Trinajstić information content (AvgIpc) is 2.69. The van der Waals surface area contributed by atoms with Crippen molar-refractivity contribution < 1.29 is 14.6 Å². The van der Waals surface area contributed by atoms with E-state index in [1.165, 1.54) is 7.11 Å². The van der Waals surface area contributed by atoms with Crippen molar-refractivity contribution in [3.8, 4) is 0 Å². The number of ether oxygens (including phenoxy) is 1. The van der Waals surface area contributed by atoms with E-state index in [-0.39, 0.29) is 17.9 Å². The minimum Gasteiger partial charge on any atom is -0.468 e. The maximum atomic E-state index is 12.3. The zero-order valence-electron chi connectivity index (χ0n) is 14.5. The molecular formula is C21H25NO3. The van der Waals surface area contributed by atoms with Gasteiger partial charge in [-0.15, -0.1) is 0 Å². The first kappa shape index (κ1) is 17.6. The fraction of sp³-hybridized carbons (Fsp3) is 0.381. The second-order valence-electron chi connectivity index (χ2n) is 6.57. The molecule has 1 aliphatic heterocycles. The number of likely N-dealkylation sites (tertiary alicyclic amines) is 1. The Labute approximate surface area is 149 Å². The molecule has 132 valence electrons. The van der Waals surface area contributed by atoms with E-state index in [1.807, 2.05) is 60.7 Å². The number of methoxy groups -OCH3 is 1. The van der Waals surface area contributed by atoms with E-state index in [1.54, 1.807) is 0 Å². The highest BCUT2D eigenvalue weighted by atomic mass is 16.5. The number of aliphatic hydroxyl groups is 1. The molecule has 0 amide bonds. The van der Waals surface area contributed by atoms with Gasteiger partial charge in [-0.3, -0.25) is 4.90 Å². The molecule has 0 aliphatic carbocycles. The van der Waals surface area contributed by atoms with Crippen LogP contribution < -0.4 is 0 Å². The van der Waals surface area contributed by atoms with Crippen LogP contribution in [0.15, 0.2) is 60.7 Å². The summed E-state index contributed by atoms with van der Waals surface area (Å²) in [5.74, 6) is -0.0130. The predicted molar refractivity (Wildman–Crippen MR) is 96.9 cm³/mol. The van der Waals surface area contributed by atoms with Gasteiger partial charge in [0, 0.05) is 0 Å². The number of carbonyl (C=O) groups is 1. The first-order chi connectivity index (χ1) is 12.2. The quantitative estimate of drug-likeness (QED) is 0.849. The fourth-order valence-corrected chi connectivity index (χ4v) is 3.66. The Bertz CT molecular complexity index is 666. The van der Waals surface area contributed by atoms with Crippen molar-refractivity contribution in [3.05, 3.63) is 71.8 Å². The van der Waals surface area contributed by atoms with E-state index < -0.39 is 6.10 Å². The van der Waals surface area contributed by atoms with Crippen LogP contribution in [0.1, 0.15) is 36.1 Å². The molecular weight excluding hydrogens is 314 g/mol. The first-order valence-corrected chi connectivity index (χ1v) is 8.80. The van der Waals surface area contributed by atoms with Crippen molar-refractivity contribution in [2.75, 3.05) is 20.2 Å². The molecule has 2 aromatic rings. The van der Waals surface area contributed by atoms with E-state index in [2.05, 4.69) is 4.90 Å². The normalized spacial score (nSPS) is 18.5. The third-order valence-corrected chi connectivity index (χ3v) is 5.07. The Morgan fingerprint density at radius 3 is 2.04 bits per heavy atom. The van der Waals surface area contributed by atoms with Gasteiger partial charge in [0.1, 0.15) is 6.04 Å². The van der Waals surface area contributed by atoms with Crippen molar-refractivity contribution in [1.29, 1.82) is 0 Å². The minimum absolute atomic E-state index is 0.215. The summed E-state index contributed by atoms with van der Waals surface area (Å²) < 4.78 is 5.03. The van der Waals surface area contributed by atoms with Crippen molar-refractivity contribution in [1.82, 2.24) is 4.90 Å². The number of carbonyl (C=O) groups excluding carboxylic acids is 1. The van der Waals surface area contributed by atoms with Crippen LogP contribution in [0.5, 0.6) is 0 Å². The molecule has 25 heavy (non-hydrogen) atoms. The smallest absolute Gasteiger partial charge is 0.327 e. The number of esters is 1. The van der Waals surface area contributed by atoms with Gasteiger partial charge in [0.15, 0.2) is 0 Å². The van der Waals surface area contributed by atoms with Crippen molar-refractivity contribution in [3.63, 3.8) is 0 Å². The second-order valence-corrected chi connectivity index (χ2v) is 6.57. The summed E-state index contributed by atoms with van der Waals surface area (Å²) in [7, 11) is 1.43. The summed E-state index contributed by atoms with van der Waals surface area (Å²) >= 11 is 0. The fourth-order valence-electron chi connectivity index (χ4n) is 3.66. The van der Waals surface area contributed by atoms with Crippen LogP contribution in [0, 0.1) is 5.92 Å². The maximum absolute atomic E-state index is 12.3. The van der Waals surface area contributed by atoms with Gasteiger partial charge in [-0.25, -0.2) is 4.79 Å². The highest BCUT2D eigenvalue weighted by molar-refractivity contribution is 5.77.